The summed E-state index contributed by atoms with van der Waals surface area (Å²) in [5, 5.41) is 7.84. The van der Waals surface area contributed by atoms with Crippen molar-refractivity contribution in [1.29, 1.82) is 0 Å². The summed E-state index contributed by atoms with van der Waals surface area (Å²) in [7, 11) is 0. The lowest BCUT2D eigenvalue weighted by atomic mass is 10.0. The van der Waals surface area contributed by atoms with E-state index >= 15 is 0 Å². The van der Waals surface area contributed by atoms with E-state index < -0.39 is 17.2 Å². The standard InChI is InChI=1S/C12H14F2N4/c1-12(2,15)11-7-18(17-16-11)6-8-3-4-9(13)10(14)5-8/h3-5,7H,6,15H2,1-2H3. The van der Waals surface area contributed by atoms with Crippen molar-refractivity contribution in [3.05, 3.63) is 47.3 Å². The lowest BCUT2D eigenvalue weighted by Crippen LogP contribution is -2.29. The number of hydrogen-bond donors (Lipinski definition) is 1. The molecule has 0 spiro atoms. The van der Waals surface area contributed by atoms with Crippen LogP contribution in [0.3, 0.4) is 0 Å². The Balaban J connectivity index is 2.19. The lowest BCUT2D eigenvalue weighted by Gasteiger charge is -2.13. The van der Waals surface area contributed by atoms with Crippen LogP contribution in [-0.4, -0.2) is 15.0 Å². The molecular weight excluding hydrogens is 238 g/mol. The smallest absolute Gasteiger partial charge is 0.159 e. The predicted molar refractivity (Wildman–Crippen MR) is 62.7 cm³/mol. The van der Waals surface area contributed by atoms with Gasteiger partial charge in [-0.1, -0.05) is 11.3 Å². The first-order valence-corrected chi connectivity index (χ1v) is 5.49. The van der Waals surface area contributed by atoms with Gasteiger partial charge in [0, 0.05) is 0 Å². The molecule has 0 unspecified atom stereocenters. The van der Waals surface area contributed by atoms with Gasteiger partial charge in [-0.3, -0.25) is 0 Å². The number of aromatic nitrogens is 3. The van der Waals surface area contributed by atoms with Crippen LogP contribution in [0.4, 0.5) is 8.78 Å². The molecule has 0 amide bonds. The van der Waals surface area contributed by atoms with Crippen molar-refractivity contribution in [1.82, 2.24) is 15.0 Å². The highest BCUT2D eigenvalue weighted by Gasteiger charge is 2.18. The van der Waals surface area contributed by atoms with Gasteiger partial charge in [0.2, 0.25) is 0 Å². The molecule has 0 atom stereocenters. The van der Waals surface area contributed by atoms with Gasteiger partial charge in [0.15, 0.2) is 11.6 Å². The third-order valence-corrected chi connectivity index (χ3v) is 2.53. The number of rotatable bonds is 3. The van der Waals surface area contributed by atoms with E-state index in [1.54, 1.807) is 6.20 Å². The Morgan fingerprint density at radius 2 is 2.00 bits per heavy atom. The molecule has 1 heterocycles. The van der Waals surface area contributed by atoms with E-state index in [2.05, 4.69) is 10.3 Å². The fourth-order valence-corrected chi connectivity index (χ4v) is 1.50. The van der Waals surface area contributed by atoms with E-state index in [0.29, 0.717) is 17.8 Å². The summed E-state index contributed by atoms with van der Waals surface area (Å²) in [5.74, 6) is -1.73. The normalized spacial score (nSPS) is 11.8. The molecule has 0 bridgehead atoms. The van der Waals surface area contributed by atoms with Gasteiger partial charge in [0.05, 0.1) is 18.3 Å². The Labute approximate surface area is 103 Å². The monoisotopic (exact) mass is 252 g/mol. The topological polar surface area (TPSA) is 56.7 Å². The average Bonchev–Trinajstić information content (AvgIpc) is 2.72. The summed E-state index contributed by atoms with van der Waals surface area (Å²) in [4.78, 5) is 0. The van der Waals surface area contributed by atoms with E-state index in [0.717, 1.165) is 12.1 Å². The van der Waals surface area contributed by atoms with Gasteiger partial charge in [-0.25, -0.2) is 13.5 Å². The van der Waals surface area contributed by atoms with Gasteiger partial charge in [-0.2, -0.15) is 0 Å². The predicted octanol–water partition coefficient (Wildman–Crippen LogP) is 1.80. The average molecular weight is 252 g/mol. The van der Waals surface area contributed by atoms with Gasteiger partial charge >= 0.3 is 0 Å². The molecule has 1 aromatic heterocycles. The van der Waals surface area contributed by atoms with E-state index in [1.165, 1.54) is 10.7 Å². The zero-order valence-electron chi connectivity index (χ0n) is 10.2. The molecular formula is C12H14F2N4. The minimum Gasteiger partial charge on any atom is -0.320 e. The number of benzene rings is 1. The maximum atomic E-state index is 13.0. The van der Waals surface area contributed by atoms with Gasteiger partial charge in [-0.05, 0) is 31.5 Å². The number of halogens is 2. The first kappa shape index (κ1) is 12.6. The summed E-state index contributed by atoms with van der Waals surface area (Å²) in [6, 6.07) is 3.74. The van der Waals surface area contributed by atoms with Crippen LogP contribution >= 0.6 is 0 Å². The van der Waals surface area contributed by atoms with E-state index in [1.807, 2.05) is 13.8 Å². The van der Waals surface area contributed by atoms with Crippen molar-refractivity contribution in [2.24, 2.45) is 5.73 Å². The minimum absolute atomic E-state index is 0.320. The molecule has 2 rings (SSSR count). The van der Waals surface area contributed by atoms with Crippen LogP contribution in [0.15, 0.2) is 24.4 Å². The van der Waals surface area contributed by atoms with Crippen LogP contribution in [0.25, 0.3) is 0 Å². The second-order valence-corrected chi connectivity index (χ2v) is 4.77. The third kappa shape index (κ3) is 2.70. The van der Waals surface area contributed by atoms with E-state index in [4.69, 9.17) is 5.73 Å². The van der Waals surface area contributed by atoms with Crippen molar-refractivity contribution < 1.29 is 8.78 Å². The SMILES string of the molecule is CC(C)(N)c1cn(Cc2ccc(F)c(F)c2)nn1. The molecule has 96 valence electrons. The van der Waals surface area contributed by atoms with Gasteiger partial charge in [0.25, 0.3) is 0 Å². The van der Waals surface area contributed by atoms with Gasteiger partial charge in [-0.15, -0.1) is 5.10 Å². The molecule has 0 radical (unpaired) electrons. The lowest BCUT2D eigenvalue weighted by molar-refractivity contribution is 0.505. The Bertz CT molecular complexity index is 557. The van der Waals surface area contributed by atoms with Crippen LogP contribution in [0.5, 0.6) is 0 Å². The molecule has 0 aliphatic heterocycles. The largest absolute Gasteiger partial charge is 0.320 e. The fourth-order valence-electron chi connectivity index (χ4n) is 1.50. The molecule has 2 aromatic rings. The highest BCUT2D eigenvalue weighted by molar-refractivity contribution is 5.18. The zero-order chi connectivity index (χ0) is 13.3. The summed E-state index contributed by atoms with van der Waals surface area (Å²) in [6.07, 6.45) is 1.70. The second kappa shape index (κ2) is 4.45. The van der Waals surface area contributed by atoms with Crippen molar-refractivity contribution in [2.75, 3.05) is 0 Å². The van der Waals surface area contributed by atoms with E-state index in [-0.39, 0.29) is 0 Å². The van der Waals surface area contributed by atoms with Crippen molar-refractivity contribution in [3.8, 4) is 0 Å². The minimum atomic E-state index is -0.869. The van der Waals surface area contributed by atoms with Crippen molar-refractivity contribution in [3.63, 3.8) is 0 Å². The van der Waals surface area contributed by atoms with Crippen LogP contribution < -0.4 is 5.73 Å². The quantitative estimate of drug-likeness (QED) is 0.906. The molecule has 6 heteroatoms. The second-order valence-electron chi connectivity index (χ2n) is 4.77. The first-order valence-electron chi connectivity index (χ1n) is 5.49. The molecule has 0 fully saturated rings. The number of nitrogens with zero attached hydrogens (tertiary/aromatic N) is 3. The van der Waals surface area contributed by atoms with Gasteiger partial charge in [0.1, 0.15) is 5.69 Å². The maximum absolute atomic E-state index is 13.0. The Morgan fingerprint density at radius 1 is 1.28 bits per heavy atom. The molecule has 0 saturated carbocycles. The number of hydrogen-bond acceptors (Lipinski definition) is 3. The van der Waals surface area contributed by atoms with E-state index in [9.17, 15) is 8.78 Å². The molecule has 18 heavy (non-hydrogen) atoms. The van der Waals surface area contributed by atoms with Crippen LogP contribution in [0.1, 0.15) is 25.1 Å². The molecule has 4 nitrogen and oxygen atoms in total. The van der Waals surface area contributed by atoms with Gasteiger partial charge < -0.3 is 5.73 Å². The summed E-state index contributed by atoms with van der Waals surface area (Å²) >= 11 is 0. The van der Waals surface area contributed by atoms with Crippen LogP contribution in [0, 0.1) is 11.6 Å². The number of nitrogens with two attached hydrogens (primary N) is 1. The molecule has 0 aliphatic carbocycles. The summed E-state index contributed by atoms with van der Waals surface area (Å²) < 4.78 is 27.3. The first-order chi connectivity index (χ1) is 8.36. The Hall–Kier alpha value is -1.82. The molecule has 1 aromatic carbocycles. The molecule has 2 N–H and O–H groups in total. The van der Waals surface area contributed by atoms with Crippen LogP contribution in [-0.2, 0) is 12.1 Å². The molecule has 0 aliphatic rings. The Kier molecular flexibility index (Phi) is 3.13. The third-order valence-electron chi connectivity index (χ3n) is 2.53. The van der Waals surface area contributed by atoms with Crippen molar-refractivity contribution >= 4 is 0 Å². The highest BCUT2D eigenvalue weighted by atomic mass is 19.2. The highest BCUT2D eigenvalue weighted by Crippen LogP contribution is 2.14. The summed E-state index contributed by atoms with van der Waals surface area (Å²) in [6.45, 7) is 3.96. The molecule has 0 saturated heterocycles. The fraction of sp³-hybridized carbons (Fsp3) is 0.333. The Morgan fingerprint density at radius 3 is 2.56 bits per heavy atom. The van der Waals surface area contributed by atoms with Crippen molar-refractivity contribution in [2.45, 2.75) is 25.9 Å². The zero-order valence-corrected chi connectivity index (χ0v) is 10.2. The maximum Gasteiger partial charge on any atom is 0.159 e. The summed E-state index contributed by atoms with van der Waals surface area (Å²) in [5.41, 5.74) is 6.56. The van der Waals surface area contributed by atoms with Crippen LogP contribution in [0.2, 0.25) is 0 Å².